The lowest BCUT2D eigenvalue weighted by atomic mass is 9.53. The Hall–Kier alpha value is -13.9. The summed E-state index contributed by atoms with van der Waals surface area (Å²) in [6.45, 7) is 89.9. The fourth-order valence-electron chi connectivity index (χ4n) is 27.2. The van der Waals surface area contributed by atoms with E-state index >= 15 is 0 Å². The van der Waals surface area contributed by atoms with Gasteiger partial charge in [0.15, 0.2) is 46.0 Å². The van der Waals surface area contributed by atoms with Crippen LogP contribution in [0.4, 0.5) is 0 Å². The smallest absolute Gasteiger partial charge is 0.226 e. The highest BCUT2D eigenvalue weighted by Crippen LogP contribution is 2.61. The molecule has 9 aromatic heterocycles. The number of aromatic nitrogens is 14. The fraction of sp³-hybridized carbons (Fsp3) is 0.483. The summed E-state index contributed by atoms with van der Waals surface area (Å²) in [6.07, 6.45) is 32.4. The monoisotopic (exact) mass is 2120 g/mol. The van der Waals surface area contributed by atoms with Gasteiger partial charge in [-0.15, -0.1) is 0 Å². The van der Waals surface area contributed by atoms with Gasteiger partial charge in [0.1, 0.15) is 18.0 Å². The maximum atomic E-state index is 12.9. The van der Waals surface area contributed by atoms with E-state index in [1.165, 1.54) is 11.9 Å². The molecule has 1 aromatic carbocycles. The lowest BCUT2D eigenvalue weighted by Gasteiger charge is -2.51. The zero-order chi connectivity index (χ0) is 108. The minimum atomic E-state index is -0.591. The van der Waals surface area contributed by atoms with Crippen LogP contribution in [-0.2, 0) is 111 Å². The second kappa shape index (κ2) is 38.6. The third-order valence-corrected chi connectivity index (χ3v) is 35.9. The maximum absolute atomic E-state index is 12.9. The number of aryl methyl sites for hydroxylation is 3. The number of methoxy groups -OCH3 is 2. The predicted octanol–water partition coefficient (Wildman–Crippen LogP) is 22.6. The second-order valence-corrected chi connectivity index (χ2v) is 48.4. The Kier molecular flexibility index (Phi) is 27.6. The Labute approximate surface area is 887 Å². The number of allylic oxidation sites excluding steroid dienone is 12. The highest BCUT2D eigenvalue weighted by atomic mass is 79.9. The molecule has 0 radical (unpaired) electrons. The molecule has 0 fully saturated rings. The molecule has 0 N–H and O–H groups in total. The first-order valence-electron chi connectivity index (χ1n) is 51.1. The van der Waals surface area contributed by atoms with Gasteiger partial charge in [-0.25, -0.2) is 72.5 Å². The quantitative estimate of drug-likeness (QED) is 0.145. The largest absolute Gasteiger partial charge is 0.481 e. The van der Waals surface area contributed by atoms with Gasteiger partial charge in [-0.1, -0.05) is 218 Å². The number of rotatable bonds is 5. The summed E-state index contributed by atoms with van der Waals surface area (Å²) < 4.78 is 24.3. The second-order valence-electron chi connectivity index (χ2n) is 46.7. The van der Waals surface area contributed by atoms with Crippen molar-refractivity contribution < 1.29 is 43.0 Å². The lowest BCUT2D eigenvalue weighted by Crippen LogP contribution is -2.51. The average molecular weight is 2130 g/mol. The van der Waals surface area contributed by atoms with Gasteiger partial charge in [0.05, 0.1) is 127 Å². The molecule has 0 saturated carbocycles. The topological polar surface area (TPSA) is 311 Å². The van der Waals surface area contributed by atoms with Crippen LogP contribution in [0.15, 0.2) is 159 Å². The van der Waals surface area contributed by atoms with Crippen molar-refractivity contribution >= 4 is 83.4 Å². The number of pyridine rings is 1. The summed E-state index contributed by atoms with van der Waals surface area (Å²) in [5, 5.41) is 13.6. The maximum Gasteiger partial charge on any atom is 0.226 e. The highest BCUT2D eigenvalue weighted by Gasteiger charge is 2.60. The average Bonchev–Trinajstić information content (AvgIpc) is 1.70. The van der Waals surface area contributed by atoms with E-state index < -0.39 is 43.3 Å². The zero-order valence-electron chi connectivity index (χ0n) is 89.2. The molecule has 15 atom stereocenters. The van der Waals surface area contributed by atoms with Crippen LogP contribution in [-0.4, -0.2) is 124 Å². The van der Waals surface area contributed by atoms with Crippen LogP contribution < -0.4 is 14.2 Å². The molecule has 10 aromatic rings. The van der Waals surface area contributed by atoms with Crippen molar-refractivity contribution in [2.45, 2.75) is 273 Å². The van der Waals surface area contributed by atoms with Crippen molar-refractivity contribution in [1.29, 1.82) is 0 Å². The van der Waals surface area contributed by atoms with E-state index in [9.17, 15) is 28.8 Å². The SMILES string of the molecule is [C-]#[N+]C1=C[C@]2(C)c3c(ccc4c(Br)cnn34)CC[C@H]2C(C)(C)C1=O.[C-]#[N+]C1=C[C@]2(C)c3c(cnc4c(-c5ccccc5)cnn34)CC[C@H]2C(C)(C)C1=O.[C-]#[N+]C1=C[C@]2(C)c3nc(C(C)(C)C)nc(OC)c3CC[C@H]2[C@H](C)C1=O.[C-]#[N+]C1=C[C@]2(C)c3nc(C(C)(C)C)nc(OCC)c3CC[C@H]2[C@H](C)C1=O.[C-]#[N+]C1=C[C@]2(C)c3nc4c(Br)cnn4cc3CC[C@H]2C(C)(C)C1=O.[C-]#[N+]C1=C[C@]2(C)c3ncnc(OC)c3CC[C@H]2[C@H](C)C1=O. The van der Waals surface area contributed by atoms with E-state index in [2.05, 4.69) is 193 Å². The van der Waals surface area contributed by atoms with Gasteiger partial charge < -0.3 is 43.0 Å². The molecule has 12 aliphatic rings. The number of halogens is 2. The molecule has 22 rings (SSSR count). The molecule has 12 aliphatic carbocycles. The van der Waals surface area contributed by atoms with Crippen molar-refractivity contribution in [2.24, 2.45) is 69.5 Å². The number of carbonyl (C=O) groups excluding carboxylic acids is 6. The van der Waals surface area contributed by atoms with Crippen LogP contribution >= 0.6 is 31.9 Å². The summed E-state index contributed by atoms with van der Waals surface area (Å²) in [5.74, 6) is 3.44. The number of nitrogens with zero attached hydrogens (tertiary/aromatic N) is 20. The van der Waals surface area contributed by atoms with E-state index in [1.807, 2.05) is 145 Å². The molecule has 0 bridgehead atoms. The van der Waals surface area contributed by atoms with Gasteiger partial charge in [0.25, 0.3) is 0 Å². The Bertz CT molecular complexity index is 7820. The molecule has 766 valence electrons. The van der Waals surface area contributed by atoms with E-state index in [-0.39, 0.29) is 138 Å². The number of hydrogen-bond donors (Lipinski definition) is 0. The normalized spacial score (nSPS) is 27.9. The predicted molar refractivity (Wildman–Crippen MR) is 572 cm³/mol. The first kappa shape index (κ1) is 106. The van der Waals surface area contributed by atoms with Gasteiger partial charge in [-0.05, 0) is 180 Å². The van der Waals surface area contributed by atoms with Gasteiger partial charge in [0.2, 0.25) is 51.8 Å². The molecule has 0 saturated heterocycles. The Morgan fingerprint density at radius 3 is 1.28 bits per heavy atom. The number of Topliss-reactive ketones (excluding diaryl/α,β-unsaturated/α-hetero) is 6. The number of fused-ring (bicyclic) bond motifs is 23. The van der Waals surface area contributed by atoms with Gasteiger partial charge in [0, 0.05) is 112 Å². The molecular weight excluding hydrogens is 2000 g/mol. The van der Waals surface area contributed by atoms with Crippen LogP contribution in [0.25, 0.3) is 57.0 Å². The van der Waals surface area contributed by atoms with Gasteiger partial charge >= 0.3 is 0 Å². The molecule has 9 heterocycles. The van der Waals surface area contributed by atoms with E-state index in [4.69, 9.17) is 83.7 Å². The molecule has 0 aliphatic heterocycles. The van der Waals surface area contributed by atoms with Crippen molar-refractivity contribution in [3.63, 3.8) is 0 Å². The molecule has 31 heteroatoms. The summed E-state index contributed by atoms with van der Waals surface area (Å²) in [6, 6.07) is 14.4. The highest BCUT2D eigenvalue weighted by molar-refractivity contribution is 9.11. The molecular formula is C118H126Br2N20O9. The molecule has 149 heavy (non-hydrogen) atoms. The number of ether oxygens (including phenoxy) is 3. The zero-order valence-corrected chi connectivity index (χ0v) is 92.4. The van der Waals surface area contributed by atoms with Crippen molar-refractivity contribution in [1.82, 2.24) is 68.7 Å². The van der Waals surface area contributed by atoms with Crippen molar-refractivity contribution in [2.75, 3.05) is 20.8 Å². The van der Waals surface area contributed by atoms with E-state index in [0.29, 0.717) is 24.2 Å². The Morgan fingerprint density at radius 2 is 0.812 bits per heavy atom. The van der Waals surface area contributed by atoms with Crippen LogP contribution in [0.1, 0.15) is 270 Å². The van der Waals surface area contributed by atoms with E-state index in [1.54, 1.807) is 37.2 Å². The minimum absolute atomic E-state index is 0.0303. The number of ketones is 6. The summed E-state index contributed by atoms with van der Waals surface area (Å²) in [7, 11) is 3.24. The summed E-state index contributed by atoms with van der Waals surface area (Å²) in [4.78, 5) is 134. The fourth-order valence-corrected chi connectivity index (χ4v) is 28.0. The molecule has 0 spiro atoms. The first-order chi connectivity index (χ1) is 70.2. The summed E-state index contributed by atoms with van der Waals surface area (Å²) in [5.41, 5.74) is 13.8. The van der Waals surface area contributed by atoms with Crippen molar-refractivity contribution in [3.05, 3.63) is 307 Å². The van der Waals surface area contributed by atoms with Crippen LogP contribution in [0, 0.1) is 109 Å². The Balaban J connectivity index is 0.000000122. The lowest BCUT2D eigenvalue weighted by molar-refractivity contribution is -0.129. The Morgan fingerprint density at radius 1 is 0.403 bits per heavy atom. The van der Waals surface area contributed by atoms with Gasteiger partial charge in [-0.3, -0.25) is 0 Å². The van der Waals surface area contributed by atoms with Crippen molar-refractivity contribution in [3.8, 4) is 28.8 Å². The third kappa shape index (κ3) is 17.3. The number of carbonyl (C=O) groups is 6. The third-order valence-electron chi connectivity index (χ3n) is 34.8. The molecule has 29 nitrogen and oxygen atoms in total. The number of benzene rings is 1. The van der Waals surface area contributed by atoms with Gasteiger partial charge in [-0.2, -0.15) is 25.3 Å². The van der Waals surface area contributed by atoms with Crippen LogP contribution in [0.3, 0.4) is 0 Å². The summed E-state index contributed by atoms with van der Waals surface area (Å²) >= 11 is 7.05. The van der Waals surface area contributed by atoms with Crippen LogP contribution in [0.2, 0.25) is 0 Å². The molecule has 0 amide bonds. The standard InChI is InChI=1S/C24H22N4O.C21H27N3O2.C20H25N3O2.C19H18BrN3O.C18H17BrN4O.C16H17N3O2/c1-23(2)19-11-10-16-13-26-22-17(15-8-6-5-7-9-15)14-27-28(22)20(16)24(19,3)12-18(25-4)21(23)29;1-8-26-18-13-9-10-14-12(2)16(25)15(22-7)11-21(14,6)17(13)23-19(24-18)20(3,4)5;1-11-13-9-8-12-16(20(13,5)10-14(21-6)15(11)24)22-18(19(2,3)4)23-17(12)25-7;1-18(2)15-8-6-11-5-7-14-12(20)10-22-23(14)16(11)19(15,3)9-13(21-4)17(18)24;1-17(2)13-6-5-10-9-23-16(11(19)8-21-23)22-14(10)18(13,3)7-12(20-4)15(17)24;1-9-11-6-5-10-14(18-8-19-15(10)21-4)16(11,2)7-12(17-3)13(9)20/h5-9,12-14,19H,10-11H2,1-3H3;11-12,14H,8-10H2,1-6H3;10-11,13H,8-9H2,1-5,7H3;5,7,9-10,15H,6,8H2,1-3H3;7-9,13H,5-6H2,1-3H3;7-9,11H,5-6H2,1-2,4H3/t19-,24-;12-,14-,21-;11-,13-,20-;15-,19-;13-,18-;9-,11-,16-/m000000/s1. The van der Waals surface area contributed by atoms with E-state index in [0.717, 1.165) is 188 Å². The number of hydrogen-bond acceptors (Lipinski definition) is 20. The first-order valence-corrected chi connectivity index (χ1v) is 52.7. The minimum Gasteiger partial charge on any atom is -0.481 e. The molecule has 0 unspecified atom stereocenters. The van der Waals surface area contributed by atoms with Crippen LogP contribution in [0.5, 0.6) is 17.6 Å².